The third kappa shape index (κ3) is 3.71. The molecule has 1 amide bonds. The number of hydrogen-bond acceptors (Lipinski definition) is 6. The van der Waals surface area contributed by atoms with Gasteiger partial charge in [0.05, 0.1) is 22.1 Å². The summed E-state index contributed by atoms with van der Waals surface area (Å²) in [6, 6.07) is 16.4. The first-order chi connectivity index (χ1) is 16.3. The third-order valence-corrected chi connectivity index (χ3v) is 7.72. The molecule has 0 aliphatic carbocycles. The first-order valence-corrected chi connectivity index (χ1v) is 12.6. The molecule has 0 radical (unpaired) electrons. The van der Waals surface area contributed by atoms with E-state index < -0.39 is 0 Å². The standard InChI is InChI=1S/C25H21N5OS2/c31-24(21-9-5-13-30(21)22-16-32-23-14-26-11-10-18(22)23)28-25-27-19(15-33-25)20-8-4-12-29(20)17-6-2-1-3-7-17/h1-3,5-7,9-11,13-16,20H,4,8,12H2,(H,27,28,31)/t20-/m1/s1. The van der Waals surface area contributed by atoms with Gasteiger partial charge in [0.25, 0.3) is 5.91 Å². The molecule has 1 aromatic carbocycles. The number of pyridine rings is 1. The summed E-state index contributed by atoms with van der Waals surface area (Å²) in [5, 5.41) is 8.85. The third-order valence-electron chi connectivity index (χ3n) is 6.02. The number of nitrogens with one attached hydrogen (secondary N) is 1. The van der Waals surface area contributed by atoms with Crippen LogP contribution >= 0.6 is 22.7 Å². The predicted molar refractivity (Wildman–Crippen MR) is 135 cm³/mol. The quantitative estimate of drug-likeness (QED) is 0.335. The Labute approximate surface area is 199 Å². The van der Waals surface area contributed by atoms with Crippen molar-refractivity contribution in [2.45, 2.75) is 18.9 Å². The lowest BCUT2D eigenvalue weighted by Gasteiger charge is -2.25. The van der Waals surface area contributed by atoms with Crippen LogP contribution in [-0.4, -0.2) is 27.0 Å². The van der Waals surface area contributed by atoms with Crippen molar-refractivity contribution in [1.82, 2.24) is 14.5 Å². The van der Waals surface area contributed by atoms with Gasteiger partial charge in [0.15, 0.2) is 5.13 Å². The van der Waals surface area contributed by atoms with Gasteiger partial charge in [-0.15, -0.1) is 22.7 Å². The number of hydrogen-bond donors (Lipinski definition) is 1. The second-order valence-electron chi connectivity index (χ2n) is 7.97. The molecule has 6 nitrogen and oxygen atoms in total. The summed E-state index contributed by atoms with van der Waals surface area (Å²) in [5.41, 5.74) is 3.80. The fourth-order valence-corrected chi connectivity index (χ4v) is 6.14. The maximum atomic E-state index is 13.2. The molecule has 5 heterocycles. The number of nitrogens with zero attached hydrogens (tertiary/aromatic N) is 4. The highest BCUT2D eigenvalue weighted by molar-refractivity contribution is 7.17. The maximum Gasteiger partial charge on any atom is 0.274 e. The normalized spacial score (nSPS) is 15.9. The van der Waals surface area contributed by atoms with Crippen molar-refractivity contribution >= 4 is 49.5 Å². The van der Waals surface area contributed by atoms with Gasteiger partial charge in [-0.05, 0) is 43.2 Å². The number of rotatable bonds is 5. The highest BCUT2D eigenvalue weighted by Gasteiger charge is 2.28. The topological polar surface area (TPSA) is 63.1 Å². The molecule has 164 valence electrons. The average Bonchev–Trinajstić information content (AvgIpc) is 3.65. The molecule has 0 bridgehead atoms. The number of thiophene rings is 1. The molecule has 1 aliphatic heterocycles. The van der Waals surface area contributed by atoms with Crippen molar-refractivity contribution in [3.8, 4) is 5.69 Å². The van der Waals surface area contributed by atoms with Crippen molar-refractivity contribution < 1.29 is 4.79 Å². The lowest BCUT2D eigenvalue weighted by Crippen LogP contribution is -2.22. The smallest absolute Gasteiger partial charge is 0.274 e. The molecule has 1 atom stereocenters. The molecule has 6 rings (SSSR count). The Bertz CT molecular complexity index is 1420. The monoisotopic (exact) mass is 471 g/mol. The molecular weight excluding hydrogens is 450 g/mol. The molecule has 0 spiro atoms. The summed E-state index contributed by atoms with van der Waals surface area (Å²) in [6.07, 6.45) is 7.75. The fraction of sp³-hybridized carbons (Fsp3) is 0.160. The Kier molecular flexibility index (Phi) is 5.16. The zero-order chi connectivity index (χ0) is 22.2. The summed E-state index contributed by atoms with van der Waals surface area (Å²) in [4.78, 5) is 24.5. The molecule has 8 heteroatoms. The largest absolute Gasteiger partial charge is 0.363 e. The van der Waals surface area contributed by atoms with Gasteiger partial charge < -0.3 is 9.47 Å². The van der Waals surface area contributed by atoms with Crippen LogP contribution in [0.5, 0.6) is 0 Å². The molecule has 0 unspecified atom stereocenters. The van der Waals surface area contributed by atoms with E-state index in [1.165, 1.54) is 17.0 Å². The van der Waals surface area contributed by atoms with Crippen molar-refractivity contribution in [2.24, 2.45) is 0 Å². The number of para-hydroxylation sites is 1. The van der Waals surface area contributed by atoms with E-state index in [1.54, 1.807) is 17.5 Å². The lowest BCUT2D eigenvalue weighted by molar-refractivity contribution is 0.102. The van der Waals surface area contributed by atoms with Gasteiger partial charge in [0.1, 0.15) is 5.69 Å². The Morgan fingerprint density at radius 2 is 1.97 bits per heavy atom. The fourth-order valence-electron chi connectivity index (χ4n) is 4.49. The number of benzene rings is 1. The molecule has 4 aromatic heterocycles. The number of thiazole rings is 1. The molecule has 1 fully saturated rings. The van der Waals surface area contributed by atoms with Gasteiger partial charge in [0.2, 0.25) is 0 Å². The second kappa shape index (κ2) is 8.46. The van der Waals surface area contributed by atoms with Crippen LogP contribution in [0.1, 0.15) is 35.1 Å². The van der Waals surface area contributed by atoms with E-state index in [4.69, 9.17) is 4.98 Å². The first-order valence-electron chi connectivity index (χ1n) is 10.9. The van der Waals surface area contributed by atoms with Gasteiger partial charge in [0, 0.05) is 47.0 Å². The van der Waals surface area contributed by atoms with Gasteiger partial charge >= 0.3 is 0 Å². The number of amides is 1. The van der Waals surface area contributed by atoms with E-state index in [-0.39, 0.29) is 11.9 Å². The number of fused-ring (bicyclic) bond motifs is 1. The Balaban J connectivity index is 1.23. The van der Waals surface area contributed by atoms with Crippen molar-refractivity contribution in [2.75, 3.05) is 16.8 Å². The minimum absolute atomic E-state index is 0.166. The van der Waals surface area contributed by atoms with E-state index in [0.29, 0.717) is 10.8 Å². The van der Waals surface area contributed by atoms with Gasteiger partial charge in [-0.1, -0.05) is 18.2 Å². The number of carbonyl (C=O) groups is 1. The van der Waals surface area contributed by atoms with Crippen molar-refractivity contribution in [3.63, 3.8) is 0 Å². The van der Waals surface area contributed by atoms with E-state index in [9.17, 15) is 4.79 Å². The maximum absolute atomic E-state index is 13.2. The predicted octanol–water partition coefficient (Wildman–Crippen LogP) is 6.14. The SMILES string of the molecule is O=C(Nc1nc([C@H]2CCCN2c2ccccc2)cs1)c1cccn1-c1csc2cnccc12. The van der Waals surface area contributed by atoms with Crippen LogP contribution in [0.2, 0.25) is 0 Å². The summed E-state index contributed by atoms with van der Waals surface area (Å²) >= 11 is 3.10. The van der Waals surface area contributed by atoms with E-state index in [0.717, 1.165) is 40.9 Å². The van der Waals surface area contributed by atoms with E-state index in [1.807, 2.05) is 41.2 Å². The van der Waals surface area contributed by atoms with E-state index in [2.05, 4.69) is 50.2 Å². The second-order valence-corrected chi connectivity index (χ2v) is 9.74. The Morgan fingerprint density at radius 1 is 1.06 bits per heavy atom. The molecule has 33 heavy (non-hydrogen) atoms. The summed E-state index contributed by atoms with van der Waals surface area (Å²) < 4.78 is 3.02. The van der Waals surface area contributed by atoms with Crippen LogP contribution in [0, 0.1) is 0 Å². The summed E-state index contributed by atoms with van der Waals surface area (Å²) in [7, 11) is 0. The number of anilines is 2. The van der Waals surface area contributed by atoms with Crippen molar-refractivity contribution in [1.29, 1.82) is 0 Å². The number of aromatic nitrogens is 3. The average molecular weight is 472 g/mol. The van der Waals surface area contributed by atoms with Gasteiger partial charge in [-0.25, -0.2) is 4.98 Å². The lowest BCUT2D eigenvalue weighted by atomic mass is 10.1. The number of carbonyl (C=O) groups excluding carboxylic acids is 1. The molecule has 1 N–H and O–H groups in total. The molecule has 0 saturated carbocycles. The van der Waals surface area contributed by atoms with Gasteiger partial charge in [-0.3, -0.25) is 15.1 Å². The highest BCUT2D eigenvalue weighted by atomic mass is 32.1. The Morgan fingerprint density at radius 3 is 2.88 bits per heavy atom. The minimum atomic E-state index is -0.166. The zero-order valence-electron chi connectivity index (χ0n) is 17.7. The molecule has 1 saturated heterocycles. The van der Waals surface area contributed by atoms with Crippen LogP contribution in [0.25, 0.3) is 15.8 Å². The van der Waals surface area contributed by atoms with Crippen LogP contribution < -0.4 is 10.2 Å². The van der Waals surface area contributed by atoms with Crippen LogP contribution in [0.4, 0.5) is 10.8 Å². The molecular formula is C25H21N5OS2. The minimum Gasteiger partial charge on any atom is -0.363 e. The molecule has 5 aromatic rings. The van der Waals surface area contributed by atoms with Crippen LogP contribution in [0.15, 0.2) is 77.9 Å². The highest BCUT2D eigenvalue weighted by Crippen LogP contribution is 2.37. The van der Waals surface area contributed by atoms with Crippen LogP contribution in [-0.2, 0) is 0 Å². The first kappa shape index (κ1) is 20.1. The summed E-state index contributed by atoms with van der Waals surface area (Å²) in [6.45, 7) is 1.02. The van der Waals surface area contributed by atoms with Gasteiger partial charge in [-0.2, -0.15) is 0 Å². The Hall–Kier alpha value is -3.49. The van der Waals surface area contributed by atoms with Crippen molar-refractivity contribution in [3.05, 3.63) is 89.3 Å². The summed E-state index contributed by atoms with van der Waals surface area (Å²) in [5.74, 6) is -0.166. The van der Waals surface area contributed by atoms with E-state index >= 15 is 0 Å². The van der Waals surface area contributed by atoms with Crippen LogP contribution in [0.3, 0.4) is 0 Å². The molecule has 1 aliphatic rings. The zero-order valence-corrected chi connectivity index (χ0v) is 19.4.